The Balaban J connectivity index is 1.86. The van der Waals surface area contributed by atoms with Gasteiger partial charge in [-0.15, -0.1) is 0 Å². The smallest absolute Gasteiger partial charge is 0.341 e. The van der Waals surface area contributed by atoms with E-state index < -0.39 is 11.9 Å². The van der Waals surface area contributed by atoms with Crippen LogP contribution >= 0.6 is 0 Å². The highest BCUT2D eigenvalue weighted by molar-refractivity contribution is 6.13. The zero-order valence-electron chi connectivity index (χ0n) is 17.0. The molecule has 0 unspecified atom stereocenters. The number of phenols is 1. The number of para-hydroxylation sites is 1. The SMILES string of the molecule is COc1ccc(COC(=O)c2c(NC(=O)c3ccccc3O)cccc2C(C)=O)cc1. The average molecular weight is 419 g/mol. The predicted octanol–water partition coefficient (Wildman–Crippen LogP) is 4.21. The van der Waals surface area contributed by atoms with Gasteiger partial charge in [0.15, 0.2) is 5.78 Å². The molecule has 0 atom stereocenters. The van der Waals surface area contributed by atoms with E-state index in [0.29, 0.717) is 5.75 Å². The zero-order chi connectivity index (χ0) is 22.4. The number of Topliss-reactive ketones (excluding diaryl/α,β-unsaturated/α-hetero) is 1. The largest absolute Gasteiger partial charge is 0.507 e. The van der Waals surface area contributed by atoms with Gasteiger partial charge in [0.1, 0.15) is 18.1 Å². The molecule has 1 amide bonds. The van der Waals surface area contributed by atoms with Gasteiger partial charge in [-0.1, -0.05) is 36.4 Å². The van der Waals surface area contributed by atoms with Gasteiger partial charge < -0.3 is 19.9 Å². The highest BCUT2D eigenvalue weighted by Crippen LogP contribution is 2.25. The van der Waals surface area contributed by atoms with Crippen molar-refractivity contribution in [3.8, 4) is 11.5 Å². The van der Waals surface area contributed by atoms with Crippen LogP contribution in [0.1, 0.15) is 43.6 Å². The molecule has 7 nitrogen and oxygen atoms in total. The second-order valence-corrected chi connectivity index (χ2v) is 6.68. The van der Waals surface area contributed by atoms with Gasteiger partial charge in [-0.3, -0.25) is 9.59 Å². The topological polar surface area (TPSA) is 102 Å². The average Bonchev–Trinajstić information content (AvgIpc) is 2.77. The summed E-state index contributed by atoms with van der Waals surface area (Å²) >= 11 is 0. The summed E-state index contributed by atoms with van der Waals surface area (Å²) in [5, 5.41) is 12.5. The molecule has 0 aliphatic carbocycles. The lowest BCUT2D eigenvalue weighted by molar-refractivity contribution is 0.0471. The monoisotopic (exact) mass is 419 g/mol. The van der Waals surface area contributed by atoms with Crippen molar-refractivity contribution in [1.29, 1.82) is 0 Å². The number of methoxy groups -OCH3 is 1. The minimum Gasteiger partial charge on any atom is -0.507 e. The van der Waals surface area contributed by atoms with E-state index in [2.05, 4.69) is 5.32 Å². The van der Waals surface area contributed by atoms with Gasteiger partial charge in [0, 0.05) is 5.56 Å². The predicted molar refractivity (Wildman–Crippen MR) is 115 cm³/mol. The number of rotatable bonds is 7. The summed E-state index contributed by atoms with van der Waals surface area (Å²) < 4.78 is 10.5. The third kappa shape index (κ3) is 5.08. The number of amides is 1. The molecule has 0 aliphatic rings. The molecule has 0 saturated heterocycles. The molecule has 0 bridgehead atoms. The van der Waals surface area contributed by atoms with E-state index in [0.717, 1.165) is 5.56 Å². The van der Waals surface area contributed by atoms with Crippen molar-refractivity contribution < 1.29 is 29.0 Å². The molecular formula is C24H21NO6. The van der Waals surface area contributed by atoms with Gasteiger partial charge in [0.25, 0.3) is 5.91 Å². The lowest BCUT2D eigenvalue weighted by Gasteiger charge is -2.14. The van der Waals surface area contributed by atoms with Crippen LogP contribution < -0.4 is 10.1 Å². The van der Waals surface area contributed by atoms with Gasteiger partial charge in [-0.25, -0.2) is 4.79 Å². The van der Waals surface area contributed by atoms with Gasteiger partial charge in [0.05, 0.1) is 23.9 Å². The molecule has 0 saturated carbocycles. The van der Waals surface area contributed by atoms with Crippen LogP contribution in [0.25, 0.3) is 0 Å². The molecule has 0 spiro atoms. The summed E-state index contributed by atoms with van der Waals surface area (Å²) in [5.41, 5.74) is 0.949. The summed E-state index contributed by atoms with van der Waals surface area (Å²) in [6, 6.07) is 17.5. The van der Waals surface area contributed by atoms with E-state index in [1.54, 1.807) is 49.6 Å². The van der Waals surface area contributed by atoms with Crippen molar-refractivity contribution in [1.82, 2.24) is 0 Å². The Labute approximate surface area is 179 Å². The fourth-order valence-electron chi connectivity index (χ4n) is 2.97. The maximum atomic E-state index is 12.9. The fraction of sp³-hybridized carbons (Fsp3) is 0.125. The van der Waals surface area contributed by atoms with Crippen molar-refractivity contribution >= 4 is 23.3 Å². The molecule has 2 N–H and O–H groups in total. The van der Waals surface area contributed by atoms with Crippen LogP contribution in [-0.4, -0.2) is 29.9 Å². The molecule has 3 aromatic carbocycles. The fourth-order valence-corrected chi connectivity index (χ4v) is 2.97. The third-order valence-electron chi connectivity index (χ3n) is 4.57. The Bertz CT molecular complexity index is 1120. The summed E-state index contributed by atoms with van der Waals surface area (Å²) in [7, 11) is 1.55. The number of nitrogens with one attached hydrogen (secondary N) is 1. The van der Waals surface area contributed by atoms with E-state index in [9.17, 15) is 19.5 Å². The normalized spacial score (nSPS) is 10.3. The molecule has 0 aromatic heterocycles. The number of aromatic hydroxyl groups is 1. The van der Waals surface area contributed by atoms with Crippen LogP contribution in [0.4, 0.5) is 5.69 Å². The van der Waals surface area contributed by atoms with E-state index >= 15 is 0 Å². The minimum absolute atomic E-state index is 0.0259. The van der Waals surface area contributed by atoms with E-state index in [-0.39, 0.29) is 40.5 Å². The van der Waals surface area contributed by atoms with Crippen molar-refractivity contribution in [2.45, 2.75) is 13.5 Å². The number of phenolic OH excluding ortho intramolecular Hbond substituents is 1. The van der Waals surface area contributed by atoms with E-state index in [1.165, 1.54) is 31.2 Å². The van der Waals surface area contributed by atoms with Crippen LogP contribution in [-0.2, 0) is 11.3 Å². The quantitative estimate of drug-likeness (QED) is 0.439. The summed E-state index contributed by atoms with van der Waals surface area (Å²) in [4.78, 5) is 37.6. The summed E-state index contributed by atoms with van der Waals surface area (Å²) in [6.07, 6.45) is 0. The molecule has 158 valence electrons. The first-order chi connectivity index (χ1) is 14.9. The number of carbonyl (C=O) groups excluding carboxylic acids is 3. The first-order valence-corrected chi connectivity index (χ1v) is 9.44. The molecule has 3 aromatic rings. The van der Waals surface area contributed by atoms with Crippen molar-refractivity contribution in [2.24, 2.45) is 0 Å². The number of anilines is 1. The molecule has 0 aliphatic heterocycles. The van der Waals surface area contributed by atoms with Crippen molar-refractivity contribution in [3.05, 3.63) is 89.0 Å². The van der Waals surface area contributed by atoms with Gasteiger partial charge in [0.2, 0.25) is 0 Å². The summed E-state index contributed by atoms with van der Waals surface area (Å²) in [6.45, 7) is 1.30. The number of hydrogen-bond acceptors (Lipinski definition) is 6. The highest BCUT2D eigenvalue weighted by Gasteiger charge is 2.22. The number of ether oxygens (including phenoxy) is 2. The molecule has 0 fully saturated rings. The maximum absolute atomic E-state index is 12.9. The first-order valence-electron chi connectivity index (χ1n) is 9.44. The van der Waals surface area contributed by atoms with Crippen LogP contribution in [0.15, 0.2) is 66.7 Å². The molecule has 3 rings (SSSR count). The van der Waals surface area contributed by atoms with Crippen molar-refractivity contribution in [2.75, 3.05) is 12.4 Å². The Morgan fingerprint density at radius 3 is 2.23 bits per heavy atom. The van der Waals surface area contributed by atoms with Crippen LogP contribution in [0.3, 0.4) is 0 Å². The molecule has 7 heteroatoms. The second kappa shape index (κ2) is 9.58. The van der Waals surface area contributed by atoms with Gasteiger partial charge in [-0.05, 0) is 42.8 Å². The lowest BCUT2D eigenvalue weighted by atomic mass is 10.0. The highest BCUT2D eigenvalue weighted by atomic mass is 16.5. The van der Waals surface area contributed by atoms with E-state index in [4.69, 9.17) is 9.47 Å². The third-order valence-corrected chi connectivity index (χ3v) is 4.57. The maximum Gasteiger partial charge on any atom is 0.341 e. The van der Waals surface area contributed by atoms with Gasteiger partial charge in [-0.2, -0.15) is 0 Å². The van der Waals surface area contributed by atoms with Gasteiger partial charge >= 0.3 is 5.97 Å². The van der Waals surface area contributed by atoms with E-state index in [1.807, 2.05) is 0 Å². The molecule has 31 heavy (non-hydrogen) atoms. The summed E-state index contributed by atoms with van der Waals surface area (Å²) in [5.74, 6) is -1.26. The minimum atomic E-state index is -0.755. The number of benzene rings is 3. The Morgan fingerprint density at radius 1 is 0.903 bits per heavy atom. The number of esters is 1. The number of carbonyl (C=O) groups is 3. The Kier molecular flexibility index (Phi) is 6.67. The lowest BCUT2D eigenvalue weighted by Crippen LogP contribution is -2.18. The standard InChI is InChI=1S/C24H21NO6/c1-15(26)18-7-5-8-20(25-23(28)19-6-3-4-9-21(19)27)22(18)24(29)31-14-16-10-12-17(30-2)13-11-16/h3-13,27H,14H2,1-2H3,(H,25,28). The first kappa shape index (κ1) is 21.6. The molecular weight excluding hydrogens is 398 g/mol. The number of hydrogen-bond donors (Lipinski definition) is 2. The molecule has 0 heterocycles. The van der Waals surface area contributed by atoms with Crippen LogP contribution in [0.5, 0.6) is 11.5 Å². The van der Waals surface area contributed by atoms with Crippen LogP contribution in [0.2, 0.25) is 0 Å². The van der Waals surface area contributed by atoms with Crippen molar-refractivity contribution in [3.63, 3.8) is 0 Å². The number of ketones is 1. The Hall–Kier alpha value is -4.13. The second-order valence-electron chi connectivity index (χ2n) is 6.68. The Morgan fingerprint density at radius 2 is 1.58 bits per heavy atom. The zero-order valence-corrected chi connectivity index (χ0v) is 17.0. The molecule has 0 radical (unpaired) electrons. The van der Waals surface area contributed by atoms with Crippen LogP contribution in [0, 0.1) is 0 Å².